The fourth-order valence-electron chi connectivity index (χ4n) is 2.03. The summed E-state index contributed by atoms with van der Waals surface area (Å²) >= 11 is 0. The second kappa shape index (κ2) is 8.12. The van der Waals surface area contributed by atoms with Crippen molar-refractivity contribution in [3.05, 3.63) is 54.0 Å². The van der Waals surface area contributed by atoms with Crippen molar-refractivity contribution in [3.63, 3.8) is 0 Å². The molecule has 5 heteroatoms. The molecule has 2 N–H and O–H groups in total. The first-order valence-corrected chi connectivity index (χ1v) is 7.46. The van der Waals surface area contributed by atoms with Crippen LogP contribution in [0.1, 0.15) is 36.5 Å². The van der Waals surface area contributed by atoms with Gasteiger partial charge in [0.2, 0.25) is 0 Å². The third-order valence-electron chi connectivity index (χ3n) is 3.19. The van der Waals surface area contributed by atoms with Crippen LogP contribution in [0.4, 0.5) is 15.9 Å². The van der Waals surface area contributed by atoms with E-state index < -0.39 is 0 Å². The lowest BCUT2D eigenvalue weighted by Crippen LogP contribution is -2.24. The van der Waals surface area contributed by atoms with Crippen LogP contribution in [0, 0.1) is 5.82 Å². The maximum Gasteiger partial charge on any atom is 0.251 e. The molecule has 4 nitrogen and oxygen atoms in total. The van der Waals surface area contributed by atoms with Gasteiger partial charge in [-0.1, -0.05) is 25.8 Å². The van der Waals surface area contributed by atoms with Crippen LogP contribution >= 0.6 is 0 Å². The van der Waals surface area contributed by atoms with Crippen molar-refractivity contribution in [3.8, 4) is 0 Å². The van der Waals surface area contributed by atoms with E-state index in [0.717, 1.165) is 19.3 Å². The van der Waals surface area contributed by atoms with E-state index in [-0.39, 0.29) is 11.7 Å². The van der Waals surface area contributed by atoms with Crippen molar-refractivity contribution in [1.29, 1.82) is 0 Å². The molecule has 0 saturated heterocycles. The topological polar surface area (TPSA) is 54.0 Å². The monoisotopic (exact) mass is 301 g/mol. The first-order chi connectivity index (χ1) is 10.7. The Bertz CT molecular complexity index is 631. The van der Waals surface area contributed by atoms with Gasteiger partial charge in [0.1, 0.15) is 11.6 Å². The summed E-state index contributed by atoms with van der Waals surface area (Å²) in [5.74, 6) is 0.0578. The second-order valence-corrected chi connectivity index (χ2v) is 5.03. The van der Waals surface area contributed by atoms with Gasteiger partial charge in [-0.15, -0.1) is 0 Å². The van der Waals surface area contributed by atoms with Crippen LogP contribution in [0.2, 0.25) is 0 Å². The van der Waals surface area contributed by atoms with E-state index in [1.54, 1.807) is 30.5 Å². The Morgan fingerprint density at radius 1 is 1.23 bits per heavy atom. The summed E-state index contributed by atoms with van der Waals surface area (Å²) in [6.45, 7) is 2.79. The Morgan fingerprint density at radius 2 is 2.09 bits per heavy atom. The second-order valence-electron chi connectivity index (χ2n) is 5.03. The zero-order valence-corrected chi connectivity index (χ0v) is 12.6. The van der Waals surface area contributed by atoms with Crippen LogP contribution in [-0.2, 0) is 0 Å². The number of rotatable bonds is 7. The van der Waals surface area contributed by atoms with Crippen molar-refractivity contribution < 1.29 is 9.18 Å². The van der Waals surface area contributed by atoms with Gasteiger partial charge in [-0.25, -0.2) is 9.37 Å². The van der Waals surface area contributed by atoms with Crippen LogP contribution in [0.25, 0.3) is 0 Å². The summed E-state index contributed by atoms with van der Waals surface area (Å²) in [7, 11) is 0. The average Bonchev–Trinajstić information content (AvgIpc) is 2.52. The Kier molecular flexibility index (Phi) is 5.89. The fraction of sp³-hybridized carbons (Fsp3) is 0.294. The number of hydrogen-bond acceptors (Lipinski definition) is 3. The molecule has 0 aliphatic rings. The number of pyridine rings is 1. The molecule has 0 fully saturated rings. The normalized spacial score (nSPS) is 10.3. The van der Waals surface area contributed by atoms with Crippen molar-refractivity contribution >= 4 is 17.4 Å². The van der Waals surface area contributed by atoms with Gasteiger partial charge in [0.05, 0.1) is 0 Å². The Balaban J connectivity index is 1.98. The van der Waals surface area contributed by atoms with Crippen LogP contribution in [0.5, 0.6) is 0 Å². The summed E-state index contributed by atoms with van der Waals surface area (Å²) in [4.78, 5) is 16.2. The minimum absolute atomic E-state index is 0.124. The fourth-order valence-corrected chi connectivity index (χ4v) is 2.03. The minimum atomic E-state index is -0.324. The molecule has 0 atom stereocenters. The summed E-state index contributed by atoms with van der Waals surface area (Å²) in [6.07, 6.45) is 4.75. The number of aromatic nitrogens is 1. The van der Waals surface area contributed by atoms with Gasteiger partial charge in [0.25, 0.3) is 5.91 Å². The predicted octanol–water partition coefficient (Wildman–Crippen LogP) is 3.88. The smallest absolute Gasteiger partial charge is 0.251 e. The van der Waals surface area contributed by atoms with E-state index in [1.807, 2.05) is 0 Å². The van der Waals surface area contributed by atoms with Gasteiger partial charge < -0.3 is 10.6 Å². The first kappa shape index (κ1) is 15.9. The highest BCUT2D eigenvalue weighted by Crippen LogP contribution is 2.16. The molecule has 0 bridgehead atoms. The zero-order chi connectivity index (χ0) is 15.8. The van der Waals surface area contributed by atoms with Gasteiger partial charge in [-0.3, -0.25) is 4.79 Å². The molecule has 1 aromatic carbocycles. The number of nitrogens with zero attached hydrogens (tertiary/aromatic N) is 1. The molecule has 0 saturated carbocycles. The van der Waals surface area contributed by atoms with E-state index in [0.29, 0.717) is 23.6 Å². The molecule has 22 heavy (non-hydrogen) atoms. The summed E-state index contributed by atoms with van der Waals surface area (Å²) in [5, 5.41) is 5.86. The largest absolute Gasteiger partial charge is 0.352 e. The highest BCUT2D eigenvalue weighted by molar-refractivity contribution is 5.94. The van der Waals surface area contributed by atoms with E-state index in [4.69, 9.17) is 0 Å². The van der Waals surface area contributed by atoms with Gasteiger partial charge >= 0.3 is 0 Å². The SMILES string of the molecule is CCCCCNC(=O)c1ccnc(Nc2cccc(F)c2)c1. The molecule has 0 aliphatic carbocycles. The number of unbranched alkanes of at least 4 members (excludes halogenated alkanes) is 2. The van der Waals surface area contributed by atoms with Crippen molar-refractivity contribution in [1.82, 2.24) is 10.3 Å². The first-order valence-electron chi connectivity index (χ1n) is 7.46. The maximum atomic E-state index is 13.2. The zero-order valence-electron chi connectivity index (χ0n) is 12.6. The Morgan fingerprint density at radius 3 is 2.86 bits per heavy atom. The average molecular weight is 301 g/mol. The highest BCUT2D eigenvalue weighted by Gasteiger charge is 2.06. The molecule has 0 radical (unpaired) electrons. The summed E-state index contributed by atoms with van der Waals surface area (Å²) in [5.41, 5.74) is 1.12. The van der Waals surface area contributed by atoms with Crippen LogP contribution in [0.3, 0.4) is 0 Å². The molecular weight excluding hydrogens is 281 g/mol. The molecule has 1 amide bonds. The summed E-state index contributed by atoms with van der Waals surface area (Å²) in [6, 6.07) is 9.41. The number of amides is 1. The number of benzene rings is 1. The Labute approximate surface area is 129 Å². The predicted molar refractivity (Wildman–Crippen MR) is 85.8 cm³/mol. The number of anilines is 2. The lowest BCUT2D eigenvalue weighted by atomic mass is 10.2. The van der Waals surface area contributed by atoms with Crippen molar-refractivity contribution in [2.75, 3.05) is 11.9 Å². The van der Waals surface area contributed by atoms with Crippen LogP contribution in [0.15, 0.2) is 42.6 Å². The number of hydrogen-bond donors (Lipinski definition) is 2. The molecule has 116 valence electrons. The minimum Gasteiger partial charge on any atom is -0.352 e. The molecule has 2 aromatic rings. The lowest BCUT2D eigenvalue weighted by molar-refractivity contribution is 0.0953. The summed E-state index contributed by atoms with van der Waals surface area (Å²) < 4.78 is 13.2. The third-order valence-corrected chi connectivity index (χ3v) is 3.19. The van der Waals surface area contributed by atoms with E-state index >= 15 is 0 Å². The molecule has 2 rings (SSSR count). The van der Waals surface area contributed by atoms with Gasteiger partial charge in [0.15, 0.2) is 0 Å². The van der Waals surface area contributed by atoms with E-state index in [2.05, 4.69) is 22.5 Å². The lowest BCUT2D eigenvalue weighted by Gasteiger charge is -2.08. The van der Waals surface area contributed by atoms with Gasteiger partial charge in [0, 0.05) is 24.0 Å². The quantitative estimate of drug-likeness (QED) is 0.763. The number of halogens is 1. The maximum absolute atomic E-state index is 13.2. The Hall–Kier alpha value is -2.43. The third kappa shape index (κ3) is 4.84. The van der Waals surface area contributed by atoms with E-state index in [9.17, 15) is 9.18 Å². The number of carbonyl (C=O) groups excluding carboxylic acids is 1. The van der Waals surface area contributed by atoms with E-state index in [1.165, 1.54) is 12.1 Å². The van der Waals surface area contributed by atoms with Gasteiger partial charge in [-0.05, 0) is 36.8 Å². The highest BCUT2D eigenvalue weighted by atomic mass is 19.1. The molecule has 1 heterocycles. The molecule has 1 aromatic heterocycles. The standard InChI is InChI=1S/C17H20FN3O/c1-2-3-4-9-20-17(22)13-8-10-19-16(11-13)21-15-7-5-6-14(18)12-15/h5-8,10-12H,2-4,9H2,1H3,(H,19,21)(H,20,22). The molecule has 0 spiro atoms. The molecule has 0 unspecified atom stereocenters. The van der Waals surface area contributed by atoms with Crippen LogP contribution in [-0.4, -0.2) is 17.4 Å². The van der Waals surface area contributed by atoms with Crippen molar-refractivity contribution in [2.24, 2.45) is 0 Å². The number of nitrogens with one attached hydrogen (secondary N) is 2. The molecule has 0 aliphatic heterocycles. The van der Waals surface area contributed by atoms with Crippen molar-refractivity contribution in [2.45, 2.75) is 26.2 Å². The number of carbonyl (C=O) groups is 1. The van der Waals surface area contributed by atoms with Crippen LogP contribution < -0.4 is 10.6 Å². The molecular formula is C17H20FN3O. The van der Waals surface area contributed by atoms with Gasteiger partial charge in [-0.2, -0.15) is 0 Å².